The van der Waals surface area contributed by atoms with Gasteiger partial charge in [0.1, 0.15) is 0 Å². The van der Waals surface area contributed by atoms with E-state index in [0.717, 1.165) is 60.3 Å². The zero-order valence-electron chi connectivity index (χ0n) is 31.3. The topological polar surface area (TPSA) is 22.0 Å². The minimum Gasteiger partial charge on any atom is -0.333 e. The van der Waals surface area contributed by atoms with E-state index in [9.17, 15) is 0 Å². The highest BCUT2D eigenvalue weighted by atomic mass is 31.1. The first-order valence-electron chi connectivity index (χ1n) is 20.7. The van der Waals surface area contributed by atoms with E-state index in [2.05, 4.69) is 156 Å². The Morgan fingerprint density at radius 2 is 1.57 bits per heavy atom. The molecule has 3 heterocycles. The molecule has 0 N–H and O–H groups in total. The lowest BCUT2D eigenvalue weighted by Crippen LogP contribution is -2.53. The van der Waals surface area contributed by atoms with Gasteiger partial charge in [-0.3, -0.25) is 0 Å². The fourth-order valence-corrected chi connectivity index (χ4v) is 14.2. The van der Waals surface area contributed by atoms with Crippen LogP contribution < -0.4 is 21.2 Å². The van der Waals surface area contributed by atoms with Gasteiger partial charge in [-0.15, -0.1) is 0 Å². The number of hydrogen-bond donors (Lipinski definition) is 0. The van der Waals surface area contributed by atoms with Crippen molar-refractivity contribution in [1.29, 1.82) is 0 Å². The predicted molar refractivity (Wildman–Crippen MR) is 231 cm³/mol. The van der Waals surface area contributed by atoms with Gasteiger partial charge in [-0.2, -0.15) is 0 Å². The van der Waals surface area contributed by atoms with Crippen molar-refractivity contribution in [3.63, 3.8) is 0 Å². The quantitative estimate of drug-likeness (QED) is 0.162. The first-order valence-corrected chi connectivity index (χ1v) is 22.0. The summed E-state index contributed by atoms with van der Waals surface area (Å²) in [6.45, 7) is 0. The lowest BCUT2D eigenvalue weighted by Gasteiger charge is -2.48. The molecule has 2 nitrogen and oxygen atoms in total. The van der Waals surface area contributed by atoms with Crippen molar-refractivity contribution in [1.82, 2.24) is 4.57 Å². The monoisotopic (exact) mass is 738 g/mol. The van der Waals surface area contributed by atoms with E-state index in [1.54, 1.807) is 5.57 Å². The number of nitrogens with zero attached hydrogens (tertiary/aromatic N) is 1. The van der Waals surface area contributed by atoms with Crippen molar-refractivity contribution >= 4 is 42.2 Å². The summed E-state index contributed by atoms with van der Waals surface area (Å²) < 4.78 is 17.8. The molecule has 268 valence electrons. The predicted octanol–water partition coefficient (Wildman–Crippen LogP) is 10.4. The second-order valence-electron chi connectivity index (χ2n) is 16.9. The highest BCUT2D eigenvalue weighted by Crippen LogP contribution is 2.65. The minimum absolute atomic E-state index is 0.185. The molecule has 6 atom stereocenters. The Hall–Kier alpha value is -5.56. The Balaban J connectivity index is 1.08. The Kier molecular flexibility index (Phi) is 6.49. The molecule has 0 bridgehead atoms. The molecule has 0 saturated carbocycles. The Morgan fingerprint density at radius 3 is 2.52 bits per heavy atom. The summed E-state index contributed by atoms with van der Waals surface area (Å²) in [5, 5.41) is 4.97. The van der Waals surface area contributed by atoms with Crippen LogP contribution >= 0.6 is 7.80 Å². The summed E-state index contributed by atoms with van der Waals surface area (Å²) in [7, 11) is -1.76. The molecule has 6 unspecified atom stereocenters. The largest absolute Gasteiger partial charge is 0.417 e. The summed E-state index contributed by atoms with van der Waals surface area (Å²) in [5.74, 6) is 0.808. The van der Waals surface area contributed by atoms with Gasteiger partial charge in [0.25, 0.3) is 0 Å². The van der Waals surface area contributed by atoms with Crippen LogP contribution in [0.1, 0.15) is 89.1 Å². The van der Waals surface area contributed by atoms with Gasteiger partial charge in [0.2, 0.25) is 10.6 Å². The molecule has 0 fully saturated rings. The summed E-state index contributed by atoms with van der Waals surface area (Å²) >= 11 is 0. The number of aromatic nitrogens is 1. The Labute approximate surface area is 328 Å². The molecule has 1 aromatic heterocycles. The van der Waals surface area contributed by atoms with Gasteiger partial charge in [-0.25, -0.2) is 0 Å². The van der Waals surface area contributed by atoms with Crippen LogP contribution in [-0.2, 0) is 16.4 Å². The third-order valence-corrected chi connectivity index (χ3v) is 16.3. The Morgan fingerprint density at radius 1 is 0.696 bits per heavy atom. The van der Waals surface area contributed by atoms with Crippen molar-refractivity contribution in [3.8, 4) is 22.3 Å². The lowest BCUT2D eigenvalue weighted by molar-refractivity contribution is 0.333. The molecular formula is C53H41NOP+. The van der Waals surface area contributed by atoms with Crippen LogP contribution in [0.2, 0.25) is 0 Å². The number of fused-ring (bicyclic) bond motifs is 17. The molecular weight excluding hydrogens is 698 g/mol. The van der Waals surface area contributed by atoms with E-state index in [0.29, 0.717) is 5.92 Å². The molecule has 1 spiro atoms. The molecule has 2 aliphatic heterocycles. The lowest BCUT2D eigenvalue weighted by atomic mass is 9.58. The standard InChI is InChI=1S/C53H41NOP/c55-56-48-25-8-4-16-39(48)41-30-31-44-50(52(41)56)49-37(34-28-26-33(27-29-34)36-17-9-13-32-12-1-2-14-35(32)36)18-10-21-43(49)53(44)42-20-5-7-24-47(42)54-46-23-6-3-15-38(46)40-19-11-22-45(53)51(40)54/h1-2,4-10,12-14,16,18-21,23-28,30-31,34,36,42,47H,3,11,15,17,22,29H2/q+1. The first-order chi connectivity index (χ1) is 27.7. The van der Waals surface area contributed by atoms with Gasteiger partial charge >= 0.3 is 7.80 Å². The molecule has 6 aliphatic carbocycles. The van der Waals surface area contributed by atoms with Gasteiger partial charge < -0.3 is 4.57 Å². The second kappa shape index (κ2) is 11.5. The van der Waals surface area contributed by atoms with E-state index in [1.807, 2.05) is 0 Å². The van der Waals surface area contributed by atoms with Crippen LogP contribution in [0.25, 0.3) is 46.1 Å². The van der Waals surface area contributed by atoms with Crippen LogP contribution in [0.3, 0.4) is 0 Å². The maximum atomic E-state index is 15.0. The van der Waals surface area contributed by atoms with E-state index in [-0.39, 0.29) is 23.3 Å². The molecule has 0 amide bonds. The maximum absolute atomic E-state index is 15.0. The van der Waals surface area contributed by atoms with Gasteiger partial charge in [0.05, 0.1) is 11.5 Å². The highest BCUT2D eigenvalue weighted by Gasteiger charge is 2.59. The zero-order chi connectivity index (χ0) is 36.7. The maximum Gasteiger partial charge on any atom is 0.417 e. The average molecular weight is 739 g/mol. The summed E-state index contributed by atoms with van der Waals surface area (Å²) in [6.07, 6.45) is 35.3. The molecule has 56 heavy (non-hydrogen) atoms. The van der Waals surface area contributed by atoms with Crippen LogP contribution in [-0.4, -0.2) is 4.57 Å². The SMILES string of the molecule is O=[P+]1c2ccccc2-c2ccc3c(c21)-c1c(C2C=CC(C4CC=Cc5ccccc54)=CC2)cccc1C31C2=c3c(c4c(n3C3C=CC=CC31)C=CCC4)=CCC2. The van der Waals surface area contributed by atoms with Crippen LogP contribution in [0.4, 0.5) is 0 Å². The summed E-state index contributed by atoms with van der Waals surface area (Å²) in [6, 6.07) is 29.5. The van der Waals surface area contributed by atoms with Gasteiger partial charge in [0.15, 0.2) is 0 Å². The van der Waals surface area contributed by atoms with Gasteiger partial charge in [-0.1, -0.05) is 132 Å². The molecule has 0 radical (unpaired) electrons. The number of hydrogen-bond acceptors (Lipinski definition) is 1. The van der Waals surface area contributed by atoms with E-state index >= 15 is 4.57 Å². The molecule has 4 aromatic carbocycles. The van der Waals surface area contributed by atoms with E-state index < -0.39 is 7.80 Å². The number of allylic oxidation sites excluding steroid dienone is 10. The number of rotatable bonds is 2. The van der Waals surface area contributed by atoms with E-state index in [1.165, 1.54) is 66.3 Å². The third kappa shape index (κ3) is 3.89. The molecule has 0 saturated heterocycles. The third-order valence-electron chi connectivity index (χ3n) is 14.6. The van der Waals surface area contributed by atoms with Gasteiger partial charge in [-0.05, 0) is 118 Å². The summed E-state index contributed by atoms with van der Waals surface area (Å²) in [5.41, 5.74) is 17.4. The van der Waals surface area contributed by atoms with Crippen LogP contribution in [0, 0.1) is 5.92 Å². The van der Waals surface area contributed by atoms with Crippen molar-refractivity contribution in [2.45, 2.75) is 61.8 Å². The smallest absolute Gasteiger partial charge is 0.333 e. The average Bonchev–Trinajstić information content (AvgIpc) is 3.87. The van der Waals surface area contributed by atoms with E-state index in [4.69, 9.17) is 0 Å². The number of benzene rings is 4. The van der Waals surface area contributed by atoms with Crippen molar-refractivity contribution in [2.75, 3.05) is 0 Å². The first kappa shape index (κ1) is 31.6. The van der Waals surface area contributed by atoms with Crippen molar-refractivity contribution < 1.29 is 4.57 Å². The second-order valence-corrected chi connectivity index (χ2v) is 18.5. The normalized spacial score (nSPS) is 26.8. The Bertz CT molecular complexity index is 2980. The molecule has 3 heteroatoms. The molecule has 5 aromatic rings. The van der Waals surface area contributed by atoms with Crippen molar-refractivity contribution in [3.05, 3.63) is 189 Å². The van der Waals surface area contributed by atoms with Gasteiger partial charge in [0, 0.05) is 45.5 Å². The minimum atomic E-state index is -1.76. The molecule has 8 aliphatic rings. The summed E-state index contributed by atoms with van der Waals surface area (Å²) in [4.78, 5) is 0. The zero-order valence-corrected chi connectivity index (χ0v) is 32.2. The molecule has 13 rings (SSSR count). The van der Waals surface area contributed by atoms with Crippen molar-refractivity contribution in [2.24, 2.45) is 5.92 Å². The fraction of sp³-hybridized carbons (Fsp3) is 0.208. The van der Waals surface area contributed by atoms with Crippen LogP contribution in [0.15, 0.2) is 139 Å². The highest BCUT2D eigenvalue weighted by molar-refractivity contribution is 7.63. The van der Waals surface area contributed by atoms with Crippen LogP contribution in [0.5, 0.6) is 0 Å². The fourth-order valence-electron chi connectivity index (χ4n) is 12.5.